The van der Waals surface area contributed by atoms with Gasteiger partial charge in [0.05, 0.1) is 23.2 Å². The number of aromatic hydroxyl groups is 2. The van der Waals surface area contributed by atoms with Gasteiger partial charge in [0.25, 0.3) is 5.69 Å². The minimum Gasteiger partial charge on any atom is -0.504 e. The van der Waals surface area contributed by atoms with Gasteiger partial charge in [0, 0.05) is 22.9 Å². The summed E-state index contributed by atoms with van der Waals surface area (Å²) in [5, 5.41) is 31.5. The van der Waals surface area contributed by atoms with Gasteiger partial charge in [-0.25, -0.2) is 9.78 Å². The Morgan fingerprint density at radius 2 is 1.97 bits per heavy atom. The van der Waals surface area contributed by atoms with Crippen molar-refractivity contribution in [1.82, 2.24) is 4.98 Å². The van der Waals surface area contributed by atoms with Gasteiger partial charge in [-0.1, -0.05) is 11.6 Å². The van der Waals surface area contributed by atoms with Crippen LogP contribution in [0.25, 0.3) is 22.5 Å². The van der Waals surface area contributed by atoms with Gasteiger partial charge in [-0.05, 0) is 32.4 Å². The third-order valence-corrected chi connectivity index (χ3v) is 4.65. The van der Waals surface area contributed by atoms with E-state index in [0.717, 1.165) is 18.4 Å². The fraction of sp³-hybridized carbons (Fsp3) is 0.200. The van der Waals surface area contributed by atoms with Gasteiger partial charge in [-0.2, -0.15) is 0 Å². The molecule has 0 spiro atoms. The molecule has 0 unspecified atom stereocenters. The summed E-state index contributed by atoms with van der Waals surface area (Å²) in [5.74, 6) is -2.13. The molecule has 0 atom stereocenters. The van der Waals surface area contributed by atoms with Crippen molar-refractivity contribution in [3.05, 3.63) is 56.6 Å². The molecule has 156 valence electrons. The third kappa shape index (κ3) is 3.67. The van der Waals surface area contributed by atoms with Gasteiger partial charge < -0.3 is 19.4 Å². The first-order valence-corrected chi connectivity index (χ1v) is 9.16. The van der Waals surface area contributed by atoms with Gasteiger partial charge in [-0.15, -0.1) is 0 Å². The van der Waals surface area contributed by atoms with Crippen LogP contribution in [0.5, 0.6) is 11.5 Å². The van der Waals surface area contributed by atoms with E-state index in [0.29, 0.717) is 16.8 Å². The summed E-state index contributed by atoms with van der Waals surface area (Å²) in [5.41, 5.74) is 0.902. The summed E-state index contributed by atoms with van der Waals surface area (Å²) in [6, 6.07) is 3.57. The molecule has 0 amide bonds. The van der Waals surface area contributed by atoms with Crippen molar-refractivity contribution in [2.24, 2.45) is 0 Å². The topological polar surface area (TPSA) is 136 Å². The summed E-state index contributed by atoms with van der Waals surface area (Å²) in [4.78, 5) is 27.4. The molecular formula is C20H17ClN2O7. The quantitative estimate of drug-likeness (QED) is 0.193. The number of halogens is 1. The fourth-order valence-corrected chi connectivity index (χ4v) is 3.49. The zero-order valence-electron chi connectivity index (χ0n) is 16.2. The van der Waals surface area contributed by atoms with E-state index in [-0.39, 0.29) is 34.2 Å². The number of rotatable bonds is 5. The second-order valence-electron chi connectivity index (χ2n) is 6.44. The maximum atomic E-state index is 12.8. The van der Waals surface area contributed by atoms with Crippen LogP contribution in [0, 0.1) is 24.0 Å². The van der Waals surface area contributed by atoms with Crippen molar-refractivity contribution in [2.75, 3.05) is 6.61 Å². The van der Waals surface area contributed by atoms with E-state index < -0.39 is 28.1 Å². The number of phenols is 2. The first-order valence-electron chi connectivity index (χ1n) is 8.79. The Morgan fingerprint density at radius 1 is 1.27 bits per heavy atom. The number of hydrogen-bond acceptors (Lipinski definition) is 8. The highest BCUT2D eigenvalue weighted by Crippen LogP contribution is 2.45. The Hall–Kier alpha value is -3.59. The summed E-state index contributed by atoms with van der Waals surface area (Å²) >= 11 is 6.30. The Kier molecular flexibility index (Phi) is 5.66. The number of furan rings is 1. The molecule has 3 rings (SSSR count). The second-order valence-corrected chi connectivity index (χ2v) is 6.80. The highest BCUT2D eigenvalue weighted by molar-refractivity contribution is 6.32. The van der Waals surface area contributed by atoms with Crippen LogP contribution >= 0.6 is 11.6 Å². The van der Waals surface area contributed by atoms with Crippen LogP contribution in [0.3, 0.4) is 0 Å². The normalized spacial score (nSPS) is 10.8. The number of non-ortho nitro benzene ring substituents is 1. The summed E-state index contributed by atoms with van der Waals surface area (Å²) in [6.07, 6.45) is 1.13. The molecule has 10 heteroatoms. The molecule has 0 bridgehead atoms. The second kappa shape index (κ2) is 8.03. The maximum Gasteiger partial charge on any atom is 0.342 e. The Bertz CT molecular complexity index is 1150. The van der Waals surface area contributed by atoms with E-state index in [9.17, 15) is 25.1 Å². The van der Waals surface area contributed by atoms with E-state index in [1.54, 1.807) is 26.8 Å². The van der Waals surface area contributed by atoms with Gasteiger partial charge in [-0.3, -0.25) is 10.1 Å². The van der Waals surface area contributed by atoms with Gasteiger partial charge >= 0.3 is 5.97 Å². The Morgan fingerprint density at radius 3 is 2.57 bits per heavy atom. The number of aryl methyl sites for hydroxylation is 2. The summed E-state index contributed by atoms with van der Waals surface area (Å²) in [6.45, 7) is 5.17. The highest BCUT2D eigenvalue weighted by atomic mass is 35.5. The molecular weight excluding hydrogens is 416 g/mol. The zero-order valence-corrected chi connectivity index (χ0v) is 17.0. The van der Waals surface area contributed by atoms with Crippen molar-refractivity contribution >= 4 is 23.3 Å². The molecule has 30 heavy (non-hydrogen) atoms. The number of nitro benzene ring substituents is 1. The van der Waals surface area contributed by atoms with Crippen molar-refractivity contribution < 1.29 is 29.1 Å². The molecule has 0 radical (unpaired) electrons. The van der Waals surface area contributed by atoms with Crippen LogP contribution in [0.4, 0.5) is 5.69 Å². The minimum absolute atomic E-state index is 0.00371. The fourth-order valence-electron chi connectivity index (χ4n) is 3.13. The Balaban J connectivity index is 2.35. The zero-order chi connectivity index (χ0) is 22.2. The lowest BCUT2D eigenvalue weighted by Crippen LogP contribution is -2.07. The summed E-state index contributed by atoms with van der Waals surface area (Å²) in [7, 11) is 0. The first kappa shape index (κ1) is 21.1. The standard InChI is InChI=1S/C20H17ClN2O7/c1-4-29-20(26)16-13(12-6-11(23(27)28)7-14(24)17(12)25)8-30-18(16)15-9(2)5-10(3)22-19(15)21/h5-8,24-25H,4H2,1-3H3. The Labute approximate surface area is 175 Å². The molecule has 2 heterocycles. The number of pyridine rings is 1. The predicted molar refractivity (Wildman–Crippen MR) is 108 cm³/mol. The van der Waals surface area contributed by atoms with Crippen LogP contribution in [0.15, 0.2) is 28.9 Å². The van der Waals surface area contributed by atoms with Crippen molar-refractivity contribution in [3.63, 3.8) is 0 Å². The predicted octanol–water partition coefficient (Wildman–Crippen LogP) is 4.77. The molecule has 9 nitrogen and oxygen atoms in total. The molecule has 2 N–H and O–H groups in total. The molecule has 3 aromatic rings. The molecule has 0 saturated carbocycles. The lowest BCUT2D eigenvalue weighted by molar-refractivity contribution is -0.384. The molecule has 0 aliphatic rings. The van der Waals surface area contributed by atoms with E-state index >= 15 is 0 Å². The van der Waals surface area contributed by atoms with Crippen LogP contribution in [-0.4, -0.2) is 32.7 Å². The summed E-state index contributed by atoms with van der Waals surface area (Å²) < 4.78 is 10.7. The third-order valence-electron chi connectivity index (χ3n) is 4.37. The number of ether oxygens (including phenoxy) is 1. The lowest BCUT2D eigenvalue weighted by atomic mass is 9.97. The van der Waals surface area contributed by atoms with E-state index in [1.807, 2.05) is 0 Å². The van der Waals surface area contributed by atoms with Crippen molar-refractivity contribution in [3.8, 4) is 33.9 Å². The molecule has 0 aliphatic heterocycles. The van der Waals surface area contributed by atoms with Gasteiger partial charge in [0.1, 0.15) is 17.0 Å². The average Bonchev–Trinajstić information content (AvgIpc) is 3.07. The largest absolute Gasteiger partial charge is 0.504 e. The van der Waals surface area contributed by atoms with E-state index in [2.05, 4.69) is 4.98 Å². The molecule has 0 fully saturated rings. The number of esters is 1. The number of benzene rings is 1. The van der Waals surface area contributed by atoms with Crippen LogP contribution < -0.4 is 0 Å². The maximum absolute atomic E-state index is 12.8. The van der Waals surface area contributed by atoms with E-state index in [4.69, 9.17) is 20.8 Å². The molecule has 1 aromatic carbocycles. The number of carbonyl (C=O) groups is 1. The number of aromatic nitrogens is 1. The van der Waals surface area contributed by atoms with Crippen molar-refractivity contribution in [1.29, 1.82) is 0 Å². The number of carbonyl (C=O) groups excluding carboxylic acids is 1. The molecule has 0 aliphatic carbocycles. The first-order chi connectivity index (χ1) is 14.1. The van der Waals surface area contributed by atoms with E-state index in [1.165, 1.54) is 0 Å². The average molecular weight is 433 g/mol. The van der Waals surface area contributed by atoms with Crippen LogP contribution in [0.1, 0.15) is 28.5 Å². The number of nitro groups is 1. The van der Waals surface area contributed by atoms with Gasteiger partial charge in [0.15, 0.2) is 17.3 Å². The SMILES string of the molecule is CCOC(=O)c1c(-c2cc([N+](=O)[O-])cc(O)c2O)coc1-c1c(C)cc(C)nc1Cl. The highest BCUT2D eigenvalue weighted by Gasteiger charge is 2.30. The van der Waals surface area contributed by atoms with Crippen LogP contribution in [0.2, 0.25) is 5.15 Å². The molecule has 0 saturated heterocycles. The van der Waals surface area contributed by atoms with Gasteiger partial charge in [0.2, 0.25) is 0 Å². The van der Waals surface area contributed by atoms with Crippen molar-refractivity contribution in [2.45, 2.75) is 20.8 Å². The minimum atomic E-state index is -0.794. The number of hydrogen-bond donors (Lipinski definition) is 2. The smallest absolute Gasteiger partial charge is 0.342 e. The lowest BCUT2D eigenvalue weighted by Gasteiger charge is -2.11. The number of nitrogens with zero attached hydrogens (tertiary/aromatic N) is 2. The van der Waals surface area contributed by atoms with Crippen LogP contribution in [-0.2, 0) is 4.74 Å². The molecule has 2 aromatic heterocycles. The monoisotopic (exact) mass is 432 g/mol. The number of phenolic OH excluding ortho intramolecular Hbond substituents is 2.